The molecule has 0 unspecified atom stereocenters. The summed E-state index contributed by atoms with van der Waals surface area (Å²) in [6, 6.07) is 3.90. The number of fused-ring (bicyclic) bond motifs is 1. The van der Waals surface area contributed by atoms with E-state index in [0.29, 0.717) is 18.4 Å². The van der Waals surface area contributed by atoms with Crippen LogP contribution in [0.5, 0.6) is 0 Å². The molecule has 0 saturated carbocycles. The number of rotatable bonds is 2. The predicted octanol–water partition coefficient (Wildman–Crippen LogP) is 1.98. The zero-order valence-electron chi connectivity index (χ0n) is 9.97. The molecule has 0 N–H and O–H groups in total. The molecule has 0 fully saturated rings. The summed E-state index contributed by atoms with van der Waals surface area (Å²) in [5, 5.41) is 0. The number of carbonyl (C=O) groups is 1. The average Bonchev–Trinajstić information content (AvgIpc) is 2.40. The van der Waals surface area contributed by atoms with Crippen LogP contribution in [0.4, 0.5) is 0 Å². The number of carbonyl (C=O) groups excluding carboxylic acids is 1. The third-order valence-electron chi connectivity index (χ3n) is 3.12. The number of nitrogens with zero attached hydrogens (tertiary/aromatic N) is 3. The number of hydrogen-bond donors (Lipinski definition) is 0. The summed E-state index contributed by atoms with van der Waals surface area (Å²) in [5.74, 6) is 0.931. The molecule has 1 aliphatic carbocycles. The molecule has 18 heavy (non-hydrogen) atoms. The molecule has 0 bridgehead atoms. The Hall–Kier alpha value is -2.10. The smallest absolute Gasteiger partial charge is 0.166 e. The first-order valence-electron chi connectivity index (χ1n) is 6.10. The Balaban J connectivity index is 1.89. The van der Waals surface area contributed by atoms with Gasteiger partial charge in [-0.2, -0.15) is 0 Å². The van der Waals surface area contributed by atoms with E-state index in [0.717, 1.165) is 29.9 Å². The molecule has 3 rings (SSSR count). The molecule has 0 aromatic carbocycles. The second-order valence-corrected chi connectivity index (χ2v) is 4.46. The number of aromatic nitrogens is 3. The molecule has 0 amide bonds. The van der Waals surface area contributed by atoms with Crippen LogP contribution < -0.4 is 0 Å². The molecule has 1 aliphatic rings. The highest BCUT2D eigenvalue weighted by atomic mass is 16.1. The molecular formula is C14H13N3O. The van der Waals surface area contributed by atoms with Gasteiger partial charge in [-0.3, -0.25) is 9.78 Å². The van der Waals surface area contributed by atoms with Gasteiger partial charge in [0.25, 0.3) is 0 Å². The molecule has 0 aliphatic heterocycles. The predicted molar refractivity (Wildman–Crippen MR) is 66.3 cm³/mol. The molecule has 0 saturated heterocycles. The lowest BCUT2D eigenvalue weighted by Gasteiger charge is -2.13. The van der Waals surface area contributed by atoms with Crippen LogP contribution in [0, 0.1) is 0 Å². The zero-order chi connectivity index (χ0) is 12.4. The third-order valence-corrected chi connectivity index (χ3v) is 3.12. The molecular weight excluding hydrogens is 226 g/mol. The third kappa shape index (κ3) is 2.14. The Kier molecular flexibility index (Phi) is 2.84. The van der Waals surface area contributed by atoms with E-state index in [1.165, 1.54) is 0 Å². The van der Waals surface area contributed by atoms with Crippen LogP contribution in [0.15, 0.2) is 30.7 Å². The fourth-order valence-corrected chi connectivity index (χ4v) is 2.20. The van der Waals surface area contributed by atoms with Gasteiger partial charge < -0.3 is 0 Å². The van der Waals surface area contributed by atoms with Crippen LogP contribution in [-0.4, -0.2) is 20.7 Å². The van der Waals surface area contributed by atoms with E-state index in [1.54, 1.807) is 12.4 Å². The van der Waals surface area contributed by atoms with Gasteiger partial charge in [-0.1, -0.05) is 6.07 Å². The standard InChI is InChI=1S/C14H13N3O/c18-13-5-1-4-12-11(13)9-16-14(17-12)7-10-3-2-6-15-8-10/h2-3,6,8-9H,1,4-5,7H2. The van der Waals surface area contributed by atoms with E-state index in [9.17, 15) is 4.79 Å². The van der Waals surface area contributed by atoms with E-state index < -0.39 is 0 Å². The van der Waals surface area contributed by atoms with Crippen molar-refractivity contribution < 1.29 is 4.79 Å². The number of ketones is 1. The molecule has 2 aromatic rings. The van der Waals surface area contributed by atoms with Gasteiger partial charge in [-0.25, -0.2) is 9.97 Å². The first kappa shape index (κ1) is 11.0. The Bertz CT molecular complexity index is 581. The lowest BCUT2D eigenvalue weighted by Crippen LogP contribution is -2.15. The summed E-state index contributed by atoms with van der Waals surface area (Å²) in [4.78, 5) is 24.5. The molecule has 90 valence electrons. The molecule has 0 atom stereocenters. The van der Waals surface area contributed by atoms with Gasteiger partial charge in [-0.05, 0) is 24.5 Å². The van der Waals surface area contributed by atoms with Crippen molar-refractivity contribution in [3.63, 3.8) is 0 Å². The first-order valence-corrected chi connectivity index (χ1v) is 6.10. The van der Waals surface area contributed by atoms with Crippen molar-refractivity contribution in [1.82, 2.24) is 15.0 Å². The van der Waals surface area contributed by atoms with Gasteiger partial charge >= 0.3 is 0 Å². The highest BCUT2D eigenvalue weighted by Crippen LogP contribution is 2.19. The minimum Gasteiger partial charge on any atom is -0.294 e. The SMILES string of the molecule is O=C1CCCc2nc(Cc3cccnc3)ncc21. The van der Waals surface area contributed by atoms with E-state index in [1.807, 2.05) is 18.3 Å². The fraction of sp³-hybridized carbons (Fsp3) is 0.286. The largest absolute Gasteiger partial charge is 0.294 e. The molecule has 4 nitrogen and oxygen atoms in total. The molecule has 4 heteroatoms. The Morgan fingerprint density at radius 1 is 1.22 bits per heavy atom. The van der Waals surface area contributed by atoms with E-state index in [-0.39, 0.29) is 5.78 Å². The maximum Gasteiger partial charge on any atom is 0.166 e. The first-order chi connectivity index (χ1) is 8.83. The van der Waals surface area contributed by atoms with Crippen molar-refractivity contribution in [2.24, 2.45) is 0 Å². The normalized spacial score (nSPS) is 14.3. The minimum absolute atomic E-state index is 0.171. The van der Waals surface area contributed by atoms with Crippen LogP contribution in [0.3, 0.4) is 0 Å². The average molecular weight is 239 g/mol. The summed E-state index contributed by atoms with van der Waals surface area (Å²) in [6.45, 7) is 0. The van der Waals surface area contributed by atoms with Gasteiger partial charge in [-0.15, -0.1) is 0 Å². The minimum atomic E-state index is 0.171. The maximum atomic E-state index is 11.7. The van der Waals surface area contributed by atoms with Crippen LogP contribution in [0.2, 0.25) is 0 Å². The summed E-state index contributed by atoms with van der Waals surface area (Å²) in [5.41, 5.74) is 2.69. The van der Waals surface area contributed by atoms with Gasteiger partial charge in [0, 0.05) is 31.4 Å². The van der Waals surface area contributed by atoms with Crippen molar-refractivity contribution in [2.45, 2.75) is 25.7 Å². The van der Waals surface area contributed by atoms with Crippen molar-refractivity contribution in [3.05, 3.63) is 53.4 Å². The molecule has 2 aromatic heterocycles. The quantitative estimate of drug-likeness (QED) is 0.804. The van der Waals surface area contributed by atoms with E-state index >= 15 is 0 Å². The summed E-state index contributed by atoms with van der Waals surface area (Å²) in [7, 11) is 0. The van der Waals surface area contributed by atoms with Crippen LogP contribution in [0.1, 0.15) is 40.3 Å². The zero-order valence-corrected chi connectivity index (χ0v) is 9.97. The number of aryl methyl sites for hydroxylation is 1. The highest BCUT2D eigenvalue weighted by Gasteiger charge is 2.19. The number of Topliss-reactive ketones (excluding diaryl/α,β-unsaturated/α-hetero) is 1. The van der Waals surface area contributed by atoms with E-state index in [2.05, 4.69) is 15.0 Å². The number of hydrogen-bond acceptors (Lipinski definition) is 4. The van der Waals surface area contributed by atoms with Crippen molar-refractivity contribution in [1.29, 1.82) is 0 Å². The van der Waals surface area contributed by atoms with E-state index in [4.69, 9.17) is 0 Å². The second kappa shape index (κ2) is 4.64. The van der Waals surface area contributed by atoms with Gasteiger partial charge in [0.2, 0.25) is 0 Å². The van der Waals surface area contributed by atoms with Crippen LogP contribution in [-0.2, 0) is 12.8 Å². The molecule has 0 spiro atoms. The summed E-state index contributed by atoms with van der Waals surface area (Å²) >= 11 is 0. The Morgan fingerprint density at radius 3 is 3.00 bits per heavy atom. The topological polar surface area (TPSA) is 55.7 Å². The van der Waals surface area contributed by atoms with Gasteiger partial charge in [0.1, 0.15) is 5.82 Å². The van der Waals surface area contributed by atoms with Crippen LogP contribution >= 0.6 is 0 Å². The van der Waals surface area contributed by atoms with Crippen molar-refractivity contribution in [2.75, 3.05) is 0 Å². The van der Waals surface area contributed by atoms with Crippen molar-refractivity contribution >= 4 is 5.78 Å². The van der Waals surface area contributed by atoms with Crippen LogP contribution in [0.25, 0.3) is 0 Å². The number of pyridine rings is 1. The Morgan fingerprint density at radius 2 is 2.17 bits per heavy atom. The monoisotopic (exact) mass is 239 g/mol. The van der Waals surface area contributed by atoms with Gasteiger partial charge in [0.15, 0.2) is 5.78 Å². The molecule has 2 heterocycles. The lowest BCUT2D eigenvalue weighted by molar-refractivity contribution is 0.0971. The van der Waals surface area contributed by atoms with Gasteiger partial charge in [0.05, 0.1) is 11.3 Å². The highest BCUT2D eigenvalue weighted by molar-refractivity contribution is 5.97. The lowest BCUT2D eigenvalue weighted by atomic mass is 9.96. The summed E-state index contributed by atoms with van der Waals surface area (Å²) in [6.07, 6.45) is 8.30. The fourth-order valence-electron chi connectivity index (χ4n) is 2.20. The summed E-state index contributed by atoms with van der Waals surface area (Å²) < 4.78 is 0. The Labute approximate surface area is 105 Å². The maximum absolute atomic E-state index is 11.7. The van der Waals surface area contributed by atoms with Crippen molar-refractivity contribution in [3.8, 4) is 0 Å². The molecule has 0 radical (unpaired) electrons. The second-order valence-electron chi connectivity index (χ2n) is 4.46.